The van der Waals surface area contributed by atoms with Crippen LogP contribution in [0.5, 0.6) is 0 Å². The third kappa shape index (κ3) is 3.79. The van der Waals surface area contributed by atoms with Gasteiger partial charge >= 0.3 is 0 Å². The maximum atomic E-state index is 12.8. The molecule has 2 fully saturated rings. The van der Waals surface area contributed by atoms with Crippen molar-refractivity contribution in [1.82, 2.24) is 14.7 Å². The van der Waals surface area contributed by atoms with Crippen molar-refractivity contribution in [3.63, 3.8) is 0 Å². The summed E-state index contributed by atoms with van der Waals surface area (Å²) >= 11 is 3.55. The summed E-state index contributed by atoms with van der Waals surface area (Å²) in [7, 11) is 0. The summed E-state index contributed by atoms with van der Waals surface area (Å²) in [5, 5.41) is 0. The van der Waals surface area contributed by atoms with E-state index in [0.717, 1.165) is 43.6 Å². The number of fused-ring (bicyclic) bond motifs is 2. The number of hydrogen-bond donors (Lipinski definition) is 0. The van der Waals surface area contributed by atoms with Crippen LogP contribution in [0, 0.1) is 0 Å². The van der Waals surface area contributed by atoms with E-state index >= 15 is 0 Å². The van der Waals surface area contributed by atoms with Gasteiger partial charge in [-0.3, -0.25) is 14.6 Å². The molecule has 0 bridgehead atoms. The molecule has 3 heterocycles. The topological polar surface area (TPSA) is 26.8 Å². The Hall–Kier alpha value is -0.910. The van der Waals surface area contributed by atoms with Crippen molar-refractivity contribution in [3.8, 4) is 0 Å². The van der Waals surface area contributed by atoms with Gasteiger partial charge in [-0.1, -0.05) is 28.4 Å². The highest BCUT2D eigenvalue weighted by atomic mass is 79.9. The van der Waals surface area contributed by atoms with Gasteiger partial charge in [0.25, 0.3) is 0 Å². The maximum absolute atomic E-state index is 12.8. The Morgan fingerprint density at radius 2 is 2.08 bits per heavy atom. The van der Waals surface area contributed by atoms with E-state index in [1.54, 1.807) is 0 Å². The standard InChI is InChI=1S/C20H28BrN3O/c1-15-3-2-4-19-13-23(9-10-24(15)19)20(25)14-22-8-7-16-11-18(21)6-5-17(16)12-22/h5-6,11,15,19H,2-4,7-10,12-14H2,1H3/t15?,19-/m0/s1. The van der Waals surface area contributed by atoms with Crippen molar-refractivity contribution >= 4 is 21.8 Å². The van der Waals surface area contributed by atoms with E-state index in [0.29, 0.717) is 24.5 Å². The minimum Gasteiger partial charge on any atom is -0.339 e. The molecule has 2 atom stereocenters. The van der Waals surface area contributed by atoms with Crippen LogP contribution < -0.4 is 0 Å². The first-order chi connectivity index (χ1) is 12.1. The molecule has 0 spiro atoms. The van der Waals surface area contributed by atoms with Gasteiger partial charge in [-0.25, -0.2) is 0 Å². The van der Waals surface area contributed by atoms with Crippen LogP contribution in [-0.2, 0) is 17.8 Å². The number of piperazine rings is 1. The van der Waals surface area contributed by atoms with Crippen molar-refractivity contribution in [2.24, 2.45) is 0 Å². The van der Waals surface area contributed by atoms with Gasteiger partial charge in [-0.05, 0) is 49.4 Å². The summed E-state index contributed by atoms with van der Waals surface area (Å²) in [4.78, 5) is 19.9. The number of hydrogen-bond acceptors (Lipinski definition) is 3. The van der Waals surface area contributed by atoms with Crippen LogP contribution in [0.4, 0.5) is 0 Å². The molecule has 0 aromatic heterocycles. The Balaban J connectivity index is 1.34. The summed E-state index contributed by atoms with van der Waals surface area (Å²) in [6.07, 6.45) is 4.91. The van der Waals surface area contributed by atoms with Crippen LogP contribution >= 0.6 is 15.9 Å². The summed E-state index contributed by atoms with van der Waals surface area (Å²) in [5.74, 6) is 0.318. The monoisotopic (exact) mass is 405 g/mol. The highest BCUT2D eigenvalue weighted by molar-refractivity contribution is 9.10. The van der Waals surface area contributed by atoms with Crippen molar-refractivity contribution in [2.45, 2.75) is 51.2 Å². The lowest BCUT2D eigenvalue weighted by Crippen LogP contribution is -2.59. The lowest BCUT2D eigenvalue weighted by atomic mass is 9.94. The van der Waals surface area contributed by atoms with E-state index < -0.39 is 0 Å². The molecule has 25 heavy (non-hydrogen) atoms. The van der Waals surface area contributed by atoms with Gasteiger partial charge in [0.15, 0.2) is 0 Å². The van der Waals surface area contributed by atoms with Crippen molar-refractivity contribution in [1.29, 1.82) is 0 Å². The van der Waals surface area contributed by atoms with Gasteiger partial charge in [-0.15, -0.1) is 0 Å². The molecule has 2 saturated heterocycles. The second-order valence-electron chi connectivity index (χ2n) is 7.89. The lowest BCUT2D eigenvalue weighted by molar-refractivity contribution is -0.137. The highest BCUT2D eigenvalue weighted by Gasteiger charge is 2.34. The zero-order valence-electron chi connectivity index (χ0n) is 15.1. The fraction of sp³-hybridized carbons (Fsp3) is 0.650. The van der Waals surface area contributed by atoms with Crippen molar-refractivity contribution < 1.29 is 4.79 Å². The predicted molar refractivity (Wildman–Crippen MR) is 104 cm³/mol. The molecule has 0 N–H and O–H groups in total. The second kappa shape index (κ2) is 7.37. The average Bonchev–Trinajstić information content (AvgIpc) is 2.62. The van der Waals surface area contributed by atoms with Gasteiger partial charge < -0.3 is 4.90 Å². The first-order valence-electron chi connectivity index (χ1n) is 9.63. The van der Waals surface area contributed by atoms with Crippen LogP contribution in [0.1, 0.15) is 37.3 Å². The number of nitrogens with zero attached hydrogens (tertiary/aromatic N) is 3. The molecule has 0 aliphatic carbocycles. The number of benzene rings is 1. The molecule has 4 nitrogen and oxygen atoms in total. The predicted octanol–water partition coefficient (Wildman–Crippen LogP) is 2.89. The minimum absolute atomic E-state index is 0.318. The largest absolute Gasteiger partial charge is 0.339 e. The third-order valence-corrected chi connectivity index (χ3v) is 6.72. The summed E-state index contributed by atoms with van der Waals surface area (Å²) < 4.78 is 1.15. The average molecular weight is 406 g/mol. The van der Waals surface area contributed by atoms with E-state index in [1.165, 1.54) is 30.4 Å². The zero-order chi connectivity index (χ0) is 17.4. The molecule has 136 valence electrons. The number of halogens is 1. The molecule has 1 unspecified atom stereocenters. The molecule has 5 heteroatoms. The molecule has 1 aromatic carbocycles. The third-order valence-electron chi connectivity index (χ3n) is 6.22. The summed E-state index contributed by atoms with van der Waals surface area (Å²) in [5.41, 5.74) is 2.79. The van der Waals surface area contributed by atoms with Crippen LogP contribution in [0.2, 0.25) is 0 Å². The number of piperidine rings is 1. The first kappa shape index (κ1) is 17.5. The fourth-order valence-electron chi connectivity index (χ4n) is 4.75. The Kier molecular flexibility index (Phi) is 5.16. The maximum Gasteiger partial charge on any atom is 0.236 e. The Bertz CT molecular complexity index is 650. The van der Waals surface area contributed by atoms with Gasteiger partial charge in [0.1, 0.15) is 0 Å². The molecule has 3 aliphatic heterocycles. The van der Waals surface area contributed by atoms with E-state index in [9.17, 15) is 4.79 Å². The molecular weight excluding hydrogens is 378 g/mol. The van der Waals surface area contributed by atoms with E-state index in [2.05, 4.69) is 55.8 Å². The van der Waals surface area contributed by atoms with Gasteiger partial charge in [0.05, 0.1) is 6.54 Å². The molecule has 0 radical (unpaired) electrons. The van der Waals surface area contributed by atoms with E-state index in [1.807, 2.05) is 0 Å². The number of rotatable bonds is 2. The van der Waals surface area contributed by atoms with Crippen molar-refractivity contribution in [2.75, 3.05) is 32.7 Å². The molecule has 4 rings (SSSR count). The van der Waals surface area contributed by atoms with Gasteiger partial charge in [-0.2, -0.15) is 0 Å². The Morgan fingerprint density at radius 1 is 1.20 bits per heavy atom. The number of carbonyl (C=O) groups excluding carboxylic acids is 1. The number of carbonyl (C=O) groups is 1. The highest BCUT2D eigenvalue weighted by Crippen LogP contribution is 2.26. The van der Waals surface area contributed by atoms with Crippen LogP contribution in [0.25, 0.3) is 0 Å². The number of amides is 1. The Morgan fingerprint density at radius 3 is 2.96 bits per heavy atom. The van der Waals surface area contributed by atoms with Crippen LogP contribution in [-0.4, -0.2) is 65.4 Å². The van der Waals surface area contributed by atoms with Crippen molar-refractivity contribution in [3.05, 3.63) is 33.8 Å². The quantitative estimate of drug-likeness (QED) is 0.756. The minimum atomic E-state index is 0.318. The van der Waals surface area contributed by atoms with E-state index in [-0.39, 0.29) is 0 Å². The molecule has 0 saturated carbocycles. The zero-order valence-corrected chi connectivity index (χ0v) is 16.7. The second-order valence-corrected chi connectivity index (χ2v) is 8.80. The molecular formula is C20H28BrN3O. The molecule has 1 aromatic rings. The lowest BCUT2D eigenvalue weighted by Gasteiger charge is -2.47. The normalized spacial score (nSPS) is 27.7. The molecule has 1 amide bonds. The summed E-state index contributed by atoms with van der Waals surface area (Å²) in [6, 6.07) is 7.79. The first-order valence-corrected chi connectivity index (χ1v) is 10.4. The SMILES string of the molecule is CC1CCC[C@H]2CN(C(=O)CN3CCc4cc(Br)ccc4C3)CCN12. The summed E-state index contributed by atoms with van der Waals surface area (Å²) in [6.45, 7) is 7.67. The fourth-order valence-corrected chi connectivity index (χ4v) is 5.16. The smallest absolute Gasteiger partial charge is 0.236 e. The van der Waals surface area contributed by atoms with Gasteiger partial charge in [0.2, 0.25) is 5.91 Å². The van der Waals surface area contributed by atoms with Gasteiger partial charge in [0, 0.05) is 49.3 Å². The Labute approximate surface area is 159 Å². The van der Waals surface area contributed by atoms with Crippen LogP contribution in [0.3, 0.4) is 0 Å². The van der Waals surface area contributed by atoms with Crippen LogP contribution in [0.15, 0.2) is 22.7 Å². The molecule has 3 aliphatic rings. The van der Waals surface area contributed by atoms with E-state index in [4.69, 9.17) is 0 Å².